The monoisotopic (exact) mass is 376 g/mol. The molecule has 4 rings (SSSR count). The molecule has 5 nitrogen and oxygen atoms in total. The molecule has 2 aromatic carbocycles. The lowest BCUT2D eigenvalue weighted by molar-refractivity contribution is 0.357. The molecule has 0 fully saturated rings. The van der Waals surface area contributed by atoms with Crippen molar-refractivity contribution in [2.24, 2.45) is 4.99 Å². The van der Waals surface area contributed by atoms with Gasteiger partial charge in [-0.3, -0.25) is 4.99 Å². The number of aromatic amines is 1. The van der Waals surface area contributed by atoms with Gasteiger partial charge in [-0.2, -0.15) is 0 Å². The number of rotatable bonds is 6. The number of nitrogens with one attached hydrogen (secondary N) is 3. The first-order valence-corrected chi connectivity index (χ1v) is 9.98. The van der Waals surface area contributed by atoms with Crippen molar-refractivity contribution in [3.8, 4) is 5.75 Å². The molecule has 0 spiro atoms. The summed E-state index contributed by atoms with van der Waals surface area (Å²) in [7, 11) is 1.82. The highest BCUT2D eigenvalue weighted by molar-refractivity contribution is 5.84. The van der Waals surface area contributed by atoms with E-state index in [0.717, 1.165) is 50.7 Å². The Morgan fingerprint density at radius 2 is 1.96 bits per heavy atom. The molecule has 0 unspecified atom stereocenters. The quantitative estimate of drug-likeness (QED) is 0.457. The third-order valence-corrected chi connectivity index (χ3v) is 5.29. The fraction of sp³-hybridized carbons (Fsp3) is 0.348. The van der Waals surface area contributed by atoms with Gasteiger partial charge < -0.3 is 20.4 Å². The van der Waals surface area contributed by atoms with E-state index >= 15 is 0 Å². The number of ether oxygens (including phenoxy) is 1. The van der Waals surface area contributed by atoms with Gasteiger partial charge in [-0.15, -0.1) is 0 Å². The van der Waals surface area contributed by atoms with Crippen molar-refractivity contribution < 1.29 is 4.74 Å². The molecule has 146 valence electrons. The zero-order chi connectivity index (χ0) is 19.3. The van der Waals surface area contributed by atoms with E-state index in [9.17, 15) is 0 Å². The average molecular weight is 377 g/mol. The molecule has 1 aromatic heterocycles. The summed E-state index contributed by atoms with van der Waals surface area (Å²) in [5.74, 6) is 1.89. The Morgan fingerprint density at radius 1 is 1.11 bits per heavy atom. The minimum atomic E-state index is 0.809. The molecule has 0 atom stereocenters. The van der Waals surface area contributed by atoms with Crippen LogP contribution in [0.5, 0.6) is 5.75 Å². The topological polar surface area (TPSA) is 61.4 Å². The fourth-order valence-corrected chi connectivity index (χ4v) is 3.76. The van der Waals surface area contributed by atoms with Gasteiger partial charge in [0.15, 0.2) is 5.96 Å². The van der Waals surface area contributed by atoms with E-state index in [-0.39, 0.29) is 0 Å². The highest BCUT2D eigenvalue weighted by Gasteiger charge is 2.11. The largest absolute Gasteiger partial charge is 0.493 e. The predicted molar refractivity (Wildman–Crippen MR) is 115 cm³/mol. The van der Waals surface area contributed by atoms with Crippen LogP contribution in [0, 0.1) is 6.92 Å². The summed E-state index contributed by atoms with van der Waals surface area (Å²) in [6.45, 7) is 4.62. The summed E-state index contributed by atoms with van der Waals surface area (Å²) in [6, 6.07) is 13.1. The van der Waals surface area contributed by atoms with E-state index in [1.807, 2.05) is 7.05 Å². The third kappa shape index (κ3) is 4.14. The maximum absolute atomic E-state index is 5.57. The van der Waals surface area contributed by atoms with Crippen molar-refractivity contribution in [2.45, 2.75) is 26.2 Å². The smallest absolute Gasteiger partial charge is 0.190 e. The lowest BCUT2D eigenvalue weighted by atomic mass is 10.1. The Labute approximate surface area is 166 Å². The zero-order valence-corrected chi connectivity index (χ0v) is 16.6. The standard InChI is InChI=1S/C23H28N4O/c1-16-3-5-20-19(15-27-21(20)13-16)8-11-26-23(24-2)25-10-7-17-4-6-22-18(14-17)9-12-28-22/h3-6,13-15,27H,7-12H2,1-2H3,(H2,24,25,26). The van der Waals surface area contributed by atoms with Gasteiger partial charge in [0, 0.05) is 43.7 Å². The number of H-pyrrole nitrogens is 1. The molecule has 1 aliphatic rings. The van der Waals surface area contributed by atoms with Gasteiger partial charge in [-0.1, -0.05) is 24.3 Å². The minimum absolute atomic E-state index is 0.809. The Bertz CT molecular complexity index is 989. The summed E-state index contributed by atoms with van der Waals surface area (Å²) < 4.78 is 5.57. The normalized spacial score (nSPS) is 13.4. The maximum atomic E-state index is 5.57. The first-order chi connectivity index (χ1) is 13.7. The molecule has 0 bridgehead atoms. The number of guanidine groups is 1. The first-order valence-electron chi connectivity index (χ1n) is 9.98. The second kappa shape index (κ2) is 8.38. The van der Waals surface area contributed by atoms with Crippen molar-refractivity contribution >= 4 is 16.9 Å². The van der Waals surface area contributed by atoms with Gasteiger partial charge in [0.05, 0.1) is 6.61 Å². The van der Waals surface area contributed by atoms with E-state index in [0.29, 0.717) is 0 Å². The lowest BCUT2D eigenvalue weighted by Crippen LogP contribution is -2.39. The molecule has 5 heteroatoms. The number of aliphatic imine (C=N–C) groups is 1. The lowest BCUT2D eigenvalue weighted by Gasteiger charge is -2.12. The van der Waals surface area contributed by atoms with Gasteiger partial charge in [-0.25, -0.2) is 0 Å². The van der Waals surface area contributed by atoms with Crippen LogP contribution in [0.25, 0.3) is 10.9 Å². The van der Waals surface area contributed by atoms with E-state index in [1.165, 1.54) is 33.2 Å². The molecule has 0 saturated carbocycles. The van der Waals surface area contributed by atoms with Crippen LogP contribution < -0.4 is 15.4 Å². The molecule has 3 aromatic rings. The molecular formula is C23H28N4O. The molecule has 0 aliphatic carbocycles. The third-order valence-electron chi connectivity index (χ3n) is 5.29. The summed E-state index contributed by atoms with van der Waals surface area (Å²) >= 11 is 0. The van der Waals surface area contributed by atoms with Crippen molar-refractivity contribution in [3.05, 3.63) is 64.8 Å². The number of fused-ring (bicyclic) bond motifs is 2. The molecule has 28 heavy (non-hydrogen) atoms. The minimum Gasteiger partial charge on any atom is -0.493 e. The van der Waals surface area contributed by atoms with E-state index in [4.69, 9.17) is 4.74 Å². The van der Waals surface area contributed by atoms with Crippen molar-refractivity contribution in [1.29, 1.82) is 0 Å². The fourth-order valence-electron chi connectivity index (χ4n) is 3.76. The number of aryl methyl sites for hydroxylation is 1. The number of benzene rings is 2. The van der Waals surface area contributed by atoms with Crippen molar-refractivity contribution in [1.82, 2.24) is 15.6 Å². The Kier molecular flexibility index (Phi) is 5.51. The second-order valence-corrected chi connectivity index (χ2v) is 7.33. The van der Waals surface area contributed by atoms with Crippen LogP contribution in [0.4, 0.5) is 0 Å². The summed E-state index contributed by atoms with van der Waals surface area (Å²) in [5.41, 5.74) is 6.48. The van der Waals surface area contributed by atoms with E-state index in [1.54, 1.807) is 0 Å². The average Bonchev–Trinajstić information content (AvgIpc) is 3.33. The van der Waals surface area contributed by atoms with Crippen LogP contribution in [0.3, 0.4) is 0 Å². The second-order valence-electron chi connectivity index (χ2n) is 7.33. The van der Waals surface area contributed by atoms with Crippen molar-refractivity contribution in [2.75, 3.05) is 26.7 Å². The van der Waals surface area contributed by atoms with Crippen LogP contribution >= 0.6 is 0 Å². The molecule has 2 heterocycles. The van der Waals surface area contributed by atoms with Crippen LogP contribution in [0.15, 0.2) is 47.6 Å². The molecular weight excluding hydrogens is 348 g/mol. The van der Waals surface area contributed by atoms with Crippen LogP contribution in [0.2, 0.25) is 0 Å². The molecule has 0 saturated heterocycles. The van der Waals surface area contributed by atoms with E-state index in [2.05, 4.69) is 70.1 Å². The predicted octanol–water partition coefficient (Wildman–Crippen LogP) is 3.36. The number of nitrogens with zero attached hydrogens (tertiary/aromatic N) is 1. The number of aromatic nitrogens is 1. The Morgan fingerprint density at radius 3 is 2.82 bits per heavy atom. The van der Waals surface area contributed by atoms with Crippen LogP contribution in [0.1, 0.15) is 22.3 Å². The van der Waals surface area contributed by atoms with Gasteiger partial charge in [-0.05, 0) is 54.2 Å². The van der Waals surface area contributed by atoms with E-state index < -0.39 is 0 Å². The highest BCUT2D eigenvalue weighted by atomic mass is 16.5. The zero-order valence-electron chi connectivity index (χ0n) is 16.6. The number of hydrogen-bond donors (Lipinski definition) is 3. The van der Waals surface area contributed by atoms with Crippen LogP contribution in [-0.4, -0.2) is 37.7 Å². The van der Waals surface area contributed by atoms with Gasteiger partial charge in [0.1, 0.15) is 5.75 Å². The van der Waals surface area contributed by atoms with Crippen molar-refractivity contribution in [3.63, 3.8) is 0 Å². The summed E-state index contributed by atoms with van der Waals surface area (Å²) in [6.07, 6.45) is 5.05. The van der Waals surface area contributed by atoms with Gasteiger partial charge >= 0.3 is 0 Å². The summed E-state index contributed by atoms with van der Waals surface area (Å²) in [4.78, 5) is 7.71. The number of hydrogen-bond acceptors (Lipinski definition) is 2. The molecule has 0 radical (unpaired) electrons. The summed E-state index contributed by atoms with van der Waals surface area (Å²) in [5, 5.41) is 8.13. The van der Waals surface area contributed by atoms with Gasteiger partial charge in [0.2, 0.25) is 0 Å². The van der Waals surface area contributed by atoms with Gasteiger partial charge in [0.25, 0.3) is 0 Å². The van der Waals surface area contributed by atoms with Crippen LogP contribution in [-0.2, 0) is 19.3 Å². The first kappa shape index (κ1) is 18.4. The SMILES string of the molecule is CN=C(NCCc1ccc2c(c1)CCO2)NCCc1c[nH]c2cc(C)ccc12. The molecule has 0 amide bonds. The Hall–Kier alpha value is -2.95. The molecule has 3 N–H and O–H groups in total. The highest BCUT2D eigenvalue weighted by Crippen LogP contribution is 2.25. The molecule has 1 aliphatic heterocycles. The Balaban J connectivity index is 1.24. The maximum Gasteiger partial charge on any atom is 0.190 e.